The number of anilines is 1. The Hall–Kier alpha value is -2.64. The molecule has 0 aliphatic carbocycles. The Morgan fingerprint density at radius 1 is 1.45 bits per heavy atom. The summed E-state index contributed by atoms with van der Waals surface area (Å²) in [6, 6.07) is 3.95. The minimum atomic E-state index is -0.913. The van der Waals surface area contributed by atoms with E-state index in [4.69, 9.17) is 10.8 Å². The predicted octanol–water partition coefficient (Wildman–Crippen LogP) is 0.605. The highest BCUT2D eigenvalue weighted by molar-refractivity contribution is 5.94. The Bertz CT molecular complexity index is 586. The number of nitro groups is 1. The van der Waals surface area contributed by atoms with Crippen LogP contribution in [0.15, 0.2) is 18.2 Å². The summed E-state index contributed by atoms with van der Waals surface area (Å²) in [7, 11) is 0. The molecule has 1 heterocycles. The molecule has 1 amide bonds. The summed E-state index contributed by atoms with van der Waals surface area (Å²) in [6.45, 7) is 0.639. The lowest BCUT2D eigenvalue weighted by Gasteiger charge is -2.18. The standard InChI is InChI=1S/C12H13N3O5/c13-11(16)7-1-2-9(10(5-7)15(19)20)14-4-3-8(6-14)12(17)18/h1-2,5,8H,3-4,6H2,(H2,13,16)(H,17,18). The van der Waals surface area contributed by atoms with Crippen molar-refractivity contribution >= 4 is 23.3 Å². The molecule has 1 aliphatic heterocycles. The normalized spacial score (nSPS) is 18.0. The zero-order valence-corrected chi connectivity index (χ0v) is 10.5. The summed E-state index contributed by atoms with van der Waals surface area (Å²) in [6.07, 6.45) is 0.435. The molecule has 2 rings (SSSR count). The molecule has 1 saturated heterocycles. The Morgan fingerprint density at radius 3 is 2.65 bits per heavy atom. The Kier molecular flexibility index (Phi) is 3.55. The number of rotatable bonds is 4. The number of hydrogen-bond donors (Lipinski definition) is 2. The molecule has 0 spiro atoms. The quantitative estimate of drug-likeness (QED) is 0.614. The van der Waals surface area contributed by atoms with Crippen LogP contribution in [0.3, 0.4) is 0 Å². The van der Waals surface area contributed by atoms with Crippen molar-refractivity contribution in [3.05, 3.63) is 33.9 Å². The van der Waals surface area contributed by atoms with Crippen molar-refractivity contribution in [2.45, 2.75) is 6.42 Å². The van der Waals surface area contributed by atoms with Crippen molar-refractivity contribution in [3.63, 3.8) is 0 Å². The van der Waals surface area contributed by atoms with Gasteiger partial charge in [-0.2, -0.15) is 0 Å². The van der Waals surface area contributed by atoms with E-state index in [1.165, 1.54) is 12.1 Å². The van der Waals surface area contributed by atoms with Crippen molar-refractivity contribution in [2.24, 2.45) is 11.7 Å². The first kappa shape index (κ1) is 13.8. The zero-order valence-electron chi connectivity index (χ0n) is 10.5. The summed E-state index contributed by atoms with van der Waals surface area (Å²) >= 11 is 0. The van der Waals surface area contributed by atoms with Crippen LogP contribution in [0.25, 0.3) is 0 Å². The van der Waals surface area contributed by atoms with E-state index in [1.54, 1.807) is 4.90 Å². The number of hydrogen-bond acceptors (Lipinski definition) is 5. The molecule has 0 bridgehead atoms. The summed E-state index contributed by atoms with van der Waals surface area (Å²) in [4.78, 5) is 34.1. The Balaban J connectivity index is 2.35. The van der Waals surface area contributed by atoms with Crippen molar-refractivity contribution in [1.82, 2.24) is 0 Å². The number of carbonyl (C=O) groups excluding carboxylic acids is 1. The second-order valence-electron chi connectivity index (χ2n) is 4.59. The van der Waals surface area contributed by atoms with Crippen LogP contribution in [-0.4, -0.2) is 35.0 Å². The van der Waals surface area contributed by atoms with Gasteiger partial charge in [0.15, 0.2) is 0 Å². The lowest BCUT2D eigenvalue weighted by atomic mass is 10.1. The number of amides is 1. The number of aliphatic carboxylic acids is 1. The number of carbonyl (C=O) groups is 2. The van der Waals surface area contributed by atoms with E-state index in [0.29, 0.717) is 18.7 Å². The van der Waals surface area contributed by atoms with Gasteiger partial charge < -0.3 is 15.7 Å². The number of carboxylic acids is 1. The van der Waals surface area contributed by atoms with Gasteiger partial charge in [0.05, 0.1) is 10.8 Å². The number of nitrogens with zero attached hydrogens (tertiary/aromatic N) is 2. The number of benzene rings is 1. The fourth-order valence-corrected chi connectivity index (χ4v) is 2.27. The largest absolute Gasteiger partial charge is 0.481 e. The third kappa shape index (κ3) is 2.53. The number of primary amides is 1. The molecule has 1 fully saturated rings. The molecule has 0 radical (unpaired) electrons. The monoisotopic (exact) mass is 279 g/mol. The van der Waals surface area contributed by atoms with Gasteiger partial charge in [-0.3, -0.25) is 19.7 Å². The van der Waals surface area contributed by atoms with Gasteiger partial charge >= 0.3 is 5.97 Å². The van der Waals surface area contributed by atoms with Crippen LogP contribution in [0.2, 0.25) is 0 Å². The molecule has 1 aromatic rings. The fraction of sp³-hybridized carbons (Fsp3) is 0.333. The molecule has 1 aliphatic rings. The topological polar surface area (TPSA) is 127 Å². The second kappa shape index (κ2) is 5.16. The average molecular weight is 279 g/mol. The van der Waals surface area contributed by atoms with Crippen LogP contribution in [0.4, 0.5) is 11.4 Å². The van der Waals surface area contributed by atoms with Gasteiger partial charge in [-0.1, -0.05) is 0 Å². The van der Waals surface area contributed by atoms with E-state index in [0.717, 1.165) is 6.07 Å². The first-order valence-electron chi connectivity index (χ1n) is 5.96. The van der Waals surface area contributed by atoms with Gasteiger partial charge in [-0.05, 0) is 18.6 Å². The SMILES string of the molecule is NC(=O)c1ccc(N2CCC(C(=O)O)C2)c([N+](=O)[O-])c1. The lowest BCUT2D eigenvalue weighted by molar-refractivity contribution is -0.384. The molecular formula is C12H13N3O5. The van der Waals surface area contributed by atoms with Gasteiger partial charge in [0.2, 0.25) is 5.91 Å². The average Bonchev–Trinajstić information content (AvgIpc) is 2.87. The van der Waals surface area contributed by atoms with E-state index in [9.17, 15) is 19.7 Å². The zero-order chi connectivity index (χ0) is 14.9. The summed E-state index contributed by atoms with van der Waals surface area (Å²) in [5.74, 6) is -2.20. The van der Waals surface area contributed by atoms with E-state index in [2.05, 4.69) is 0 Å². The van der Waals surface area contributed by atoms with Gasteiger partial charge in [-0.15, -0.1) is 0 Å². The second-order valence-corrected chi connectivity index (χ2v) is 4.59. The van der Waals surface area contributed by atoms with Crippen LogP contribution in [0.5, 0.6) is 0 Å². The van der Waals surface area contributed by atoms with E-state index >= 15 is 0 Å². The minimum Gasteiger partial charge on any atom is -0.481 e. The third-order valence-electron chi connectivity index (χ3n) is 3.33. The molecule has 1 aromatic carbocycles. The molecule has 20 heavy (non-hydrogen) atoms. The summed E-state index contributed by atoms with van der Waals surface area (Å²) in [5, 5.41) is 20.0. The molecule has 0 saturated carbocycles. The van der Waals surface area contributed by atoms with Crippen molar-refractivity contribution in [1.29, 1.82) is 0 Å². The Morgan fingerprint density at radius 2 is 2.15 bits per heavy atom. The minimum absolute atomic E-state index is 0.0504. The number of nitrogens with two attached hydrogens (primary N) is 1. The van der Waals surface area contributed by atoms with Crippen LogP contribution in [-0.2, 0) is 4.79 Å². The molecular weight excluding hydrogens is 266 g/mol. The van der Waals surface area contributed by atoms with Crippen molar-refractivity contribution in [2.75, 3.05) is 18.0 Å². The molecule has 1 unspecified atom stereocenters. The molecule has 8 nitrogen and oxygen atoms in total. The highest BCUT2D eigenvalue weighted by Gasteiger charge is 2.31. The van der Waals surface area contributed by atoms with Crippen LogP contribution in [0, 0.1) is 16.0 Å². The fourth-order valence-electron chi connectivity index (χ4n) is 2.27. The highest BCUT2D eigenvalue weighted by atomic mass is 16.6. The lowest BCUT2D eigenvalue weighted by Crippen LogP contribution is -2.23. The van der Waals surface area contributed by atoms with Gasteiger partial charge in [0.1, 0.15) is 5.69 Å². The smallest absolute Gasteiger partial charge is 0.308 e. The van der Waals surface area contributed by atoms with E-state index in [-0.39, 0.29) is 17.8 Å². The van der Waals surface area contributed by atoms with Gasteiger partial charge in [0, 0.05) is 24.7 Å². The van der Waals surface area contributed by atoms with Gasteiger partial charge in [-0.25, -0.2) is 0 Å². The summed E-state index contributed by atoms with van der Waals surface area (Å²) in [5.41, 5.74) is 5.21. The molecule has 3 N–H and O–H groups in total. The molecule has 106 valence electrons. The van der Waals surface area contributed by atoms with E-state index in [1.807, 2.05) is 0 Å². The molecule has 1 atom stereocenters. The Labute approximate surface area is 113 Å². The summed E-state index contributed by atoms with van der Waals surface area (Å²) < 4.78 is 0. The van der Waals surface area contributed by atoms with Gasteiger partial charge in [0.25, 0.3) is 5.69 Å². The van der Waals surface area contributed by atoms with E-state index < -0.39 is 22.7 Å². The predicted molar refractivity (Wildman–Crippen MR) is 69.6 cm³/mol. The molecule has 0 aromatic heterocycles. The van der Waals surface area contributed by atoms with Crippen LogP contribution < -0.4 is 10.6 Å². The van der Waals surface area contributed by atoms with Crippen LogP contribution >= 0.6 is 0 Å². The maximum absolute atomic E-state index is 11.1. The number of nitro benzene ring substituents is 1. The van der Waals surface area contributed by atoms with Crippen molar-refractivity contribution in [3.8, 4) is 0 Å². The highest BCUT2D eigenvalue weighted by Crippen LogP contribution is 2.33. The first-order valence-corrected chi connectivity index (χ1v) is 5.96. The van der Waals surface area contributed by atoms with Crippen LogP contribution in [0.1, 0.15) is 16.8 Å². The molecule has 8 heteroatoms. The maximum atomic E-state index is 11.1. The first-order chi connectivity index (χ1) is 9.40. The third-order valence-corrected chi connectivity index (χ3v) is 3.33. The van der Waals surface area contributed by atoms with Crippen molar-refractivity contribution < 1.29 is 19.6 Å². The maximum Gasteiger partial charge on any atom is 0.308 e. The number of carboxylic acid groups (broad SMARTS) is 1.